The van der Waals surface area contributed by atoms with Gasteiger partial charge in [0.2, 0.25) is 5.91 Å². The van der Waals surface area contributed by atoms with Gasteiger partial charge in [0.15, 0.2) is 11.5 Å². The molecule has 0 atom stereocenters. The maximum Gasteiger partial charge on any atom is 0.238 e. The maximum atomic E-state index is 11.2. The smallest absolute Gasteiger partial charge is 0.238 e. The number of anilines is 2. The zero-order valence-corrected chi connectivity index (χ0v) is 11.7. The summed E-state index contributed by atoms with van der Waals surface area (Å²) in [6.45, 7) is 0.558. The van der Waals surface area contributed by atoms with Gasteiger partial charge in [-0.25, -0.2) is 15.0 Å². The largest absolute Gasteiger partial charge is 0.382 e. The first-order valence-corrected chi connectivity index (χ1v) is 6.67. The van der Waals surface area contributed by atoms with Crippen LogP contribution in [0.5, 0.6) is 0 Å². The minimum absolute atomic E-state index is 0.0378. The van der Waals surface area contributed by atoms with Crippen LogP contribution < -0.4 is 16.8 Å². The Morgan fingerprint density at radius 3 is 2.68 bits per heavy atom. The van der Waals surface area contributed by atoms with Crippen molar-refractivity contribution < 1.29 is 4.79 Å². The predicted molar refractivity (Wildman–Crippen MR) is 83.0 cm³/mol. The highest BCUT2D eigenvalue weighted by Gasteiger charge is 2.08. The first-order valence-electron chi connectivity index (χ1n) is 6.67. The molecule has 112 valence electrons. The van der Waals surface area contributed by atoms with E-state index in [4.69, 9.17) is 11.5 Å². The molecule has 0 saturated carbocycles. The highest BCUT2D eigenvalue weighted by atomic mass is 16.1. The summed E-state index contributed by atoms with van der Waals surface area (Å²) in [4.78, 5) is 23.6. The number of fused-ring (bicyclic) bond motifs is 1. The number of nitrogen functional groups attached to an aromatic ring is 1. The highest BCUT2D eigenvalue weighted by molar-refractivity contribution is 5.92. The van der Waals surface area contributed by atoms with Crippen molar-refractivity contribution in [2.24, 2.45) is 5.73 Å². The van der Waals surface area contributed by atoms with Crippen molar-refractivity contribution in [3.05, 3.63) is 42.5 Å². The van der Waals surface area contributed by atoms with Gasteiger partial charge < -0.3 is 21.4 Å². The second-order valence-corrected chi connectivity index (χ2v) is 4.75. The number of hydrogen-bond acceptors (Lipinski definition) is 6. The normalized spacial score (nSPS) is 10.8. The molecule has 8 nitrogen and oxygen atoms in total. The first-order chi connectivity index (χ1) is 10.7. The molecule has 1 amide bonds. The lowest BCUT2D eigenvalue weighted by Gasteiger charge is -2.07. The third-order valence-electron chi connectivity index (χ3n) is 3.21. The van der Waals surface area contributed by atoms with Crippen molar-refractivity contribution in [1.82, 2.24) is 19.5 Å². The number of rotatable bonds is 4. The topological polar surface area (TPSA) is 125 Å². The average molecular weight is 297 g/mol. The Bertz CT molecular complexity index is 810. The van der Waals surface area contributed by atoms with Crippen molar-refractivity contribution in [1.29, 1.82) is 0 Å². The van der Waals surface area contributed by atoms with Crippen molar-refractivity contribution >= 4 is 28.6 Å². The molecule has 0 aliphatic heterocycles. The fourth-order valence-electron chi connectivity index (χ4n) is 2.12. The Morgan fingerprint density at radius 2 is 1.95 bits per heavy atom. The van der Waals surface area contributed by atoms with Crippen LogP contribution in [0.25, 0.3) is 11.2 Å². The zero-order valence-electron chi connectivity index (χ0n) is 11.7. The van der Waals surface area contributed by atoms with Gasteiger partial charge in [-0.15, -0.1) is 0 Å². The fraction of sp³-hybridized carbons (Fsp3) is 0.143. The quantitative estimate of drug-likeness (QED) is 0.638. The van der Waals surface area contributed by atoms with Crippen molar-refractivity contribution in [2.45, 2.75) is 6.54 Å². The van der Waals surface area contributed by atoms with Crippen LogP contribution in [0.15, 0.2) is 36.9 Å². The van der Waals surface area contributed by atoms with Gasteiger partial charge in [-0.1, -0.05) is 12.1 Å². The van der Waals surface area contributed by atoms with E-state index in [0.717, 1.165) is 5.56 Å². The van der Waals surface area contributed by atoms with Crippen LogP contribution >= 0.6 is 0 Å². The van der Waals surface area contributed by atoms with Gasteiger partial charge in [0.1, 0.15) is 11.8 Å². The molecule has 0 aliphatic rings. The monoisotopic (exact) mass is 297 g/mol. The summed E-state index contributed by atoms with van der Waals surface area (Å²) < 4.78 is 1.89. The summed E-state index contributed by atoms with van der Waals surface area (Å²) in [5.74, 6) is 0.143. The van der Waals surface area contributed by atoms with E-state index < -0.39 is 0 Å². The van der Waals surface area contributed by atoms with E-state index in [1.165, 1.54) is 6.33 Å². The number of nitrogens with two attached hydrogens (primary N) is 2. The standard InChI is InChI=1S/C14H15N7O/c15-5-11(22)20-10-3-1-9(2-4-10)6-21-8-19-12-13(16)17-7-18-14(12)21/h1-4,7-8H,5-6,15H2,(H,20,22)(H2,16,17,18). The van der Waals surface area contributed by atoms with Gasteiger partial charge in [-0.05, 0) is 17.7 Å². The number of imidazole rings is 1. The molecule has 1 aromatic carbocycles. The molecule has 8 heteroatoms. The van der Waals surface area contributed by atoms with Crippen LogP contribution in [0.3, 0.4) is 0 Å². The minimum Gasteiger partial charge on any atom is -0.382 e. The highest BCUT2D eigenvalue weighted by Crippen LogP contribution is 2.16. The van der Waals surface area contributed by atoms with E-state index in [1.54, 1.807) is 6.33 Å². The molecule has 0 unspecified atom stereocenters. The molecule has 0 fully saturated rings. The Morgan fingerprint density at radius 1 is 1.18 bits per heavy atom. The Labute approximate surface area is 126 Å². The van der Waals surface area contributed by atoms with Crippen molar-refractivity contribution in [2.75, 3.05) is 17.6 Å². The van der Waals surface area contributed by atoms with Gasteiger partial charge in [0.25, 0.3) is 0 Å². The van der Waals surface area contributed by atoms with E-state index >= 15 is 0 Å². The fourth-order valence-corrected chi connectivity index (χ4v) is 2.12. The number of hydrogen-bond donors (Lipinski definition) is 3. The molecule has 5 N–H and O–H groups in total. The van der Waals surface area contributed by atoms with Gasteiger partial charge in [-0.2, -0.15) is 0 Å². The van der Waals surface area contributed by atoms with Crippen LogP contribution in [0.2, 0.25) is 0 Å². The molecular formula is C14H15N7O. The molecule has 0 saturated heterocycles. The van der Waals surface area contributed by atoms with Gasteiger partial charge in [-0.3, -0.25) is 4.79 Å². The van der Waals surface area contributed by atoms with Crippen LogP contribution in [0, 0.1) is 0 Å². The molecule has 0 spiro atoms. The number of benzene rings is 1. The third-order valence-corrected chi connectivity index (χ3v) is 3.21. The van der Waals surface area contributed by atoms with E-state index in [-0.39, 0.29) is 12.5 Å². The zero-order chi connectivity index (χ0) is 15.5. The SMILES string of the molecule is NCC(=O)Nc1ccc(Cn2cnc3c(N)ncnc32)cc1. The molecule has 2 aromatic heterocycles. The predicted octanol–water partition coefficient (Wildman–Crippen LogP) is 0.354. The lowest BCUT2D eigenvalue weighted by Crippen LogP contribution is -2.21. The average Bonchev–Trinajstić information content (AvgIpc) is 2.94. The summed E-state index contributed by atoms with van der Waals surface area (Å²) >= 11 is 0. The van der Waals surface area contributed by atoms with Crippen LogP contribution in [0.1, 0.15) is 5.56 Å². The Hall–Kier alpha value is -3.00. The molecular weight excluding hydrogens is 282 g/mol. The summed E-state index contributed by atoms with van der Waals surface area (Å²) in [5, 5.41) is 2.69. The van der Waals surface area contributed by atoms with E-state index in [9.17, 15) is 4.79 Å². The third kappa shape index (κ3) is 2.72. The lowest BCUT2D eigenvalue weighted by molar-refractivity contribution is -0.114. The number of aromatic nitrogens is 4. The minimum atomic E-state index is -0.222. The number of nitrogens with one attached hydrogen (secondary N) is 1. The number of carbonyl (C=O) groups excluding carboxylic acids is 1. The van der Waals surface area contributed by atoms with Crippen LogP contribution in [-0.4, -0.2) is 32.0 Å². The van der Waals surface area contributed by atoms with Gasteiger partial charge >= 0.3 is 0 Å². The molecule has 22 heavy (non-hydrogen) atoms. The van der Waals surface area contributed by atoms with Crippen molar-refractivity contribution in [3.8, 4) is 0 Å². The van der Waals surface area contributed by atoms with E-state index in [0.29, 0.717) is 29.2 Å². The summed E-state index contributed by atoms with van der Waals surface area (Å²) in [7, 11) is 0. The molecule has 3 aromatic rings. The maximum absolute atomic E-state index is 11.2. The van der Waals surface area contributed by atoms with E-state index in [2.05, 4.69) is 20.3 Å². The lowest BCUT2D eigenvalue weighted by atomic mass is 10.2. The second-order valence-electron chi connectivity index (χ2n) is 4.75. The summed E-state index contributed by atoms with van der Waals surface area (Å²) in [5.41, 5.74) is 14.1. The first kappa shape index (κ1) is 14.0. The number of carbonyl (C=O) groups is 1. The van der Waals surface area contributed by atoms with Crippen molar-refractivity contribution in [3.63, 3.8) is 0 Å². The molecule has 0 bridgehead atoms. The van der Waals surface area contributed by atoms with Gasteiger partial charge in [0.05, 0.1) is 19.4 Å². The Kier molecular flexibility index (Phi) is 3.67. The van der Waals surface area contributed by atoms with Gasteiger partial charge in [0, 0.05) is 5.69 Å². The number of amides is 1. The summed E-state index contributed by atoms with van der Waals surface area (Å²) in [6, 6.07) is 7.49. The Balaban J connectivity index is 1.80. The number of nitrogens with zero attached hydrogens (tertiary/aromatic N) is 4. The summed E-state index contributed by atoms with van der Waals surface area (Å²) in [6.07, 6.45) is 3.10. The molecule has 3 rings (SSSR count). The molecule has 0 aliphatic carbocycles. The molecule has 0 radical (unpaired) electrons. The van der Waals surface area contributed by atoms with Crippen LogP contribution in [0.4, 0.5) is 11.5 Å². The van der Waals surface area contributed by atoms with E-state index in [1.807, 2.05) is 28.8 Å². The molecule has 2 heterocycles. The second kappa shape index (κ2) is 5.78. The van der Waals surface area contributed by atoms with Crippen LogP contribution in [-0.2, 0) is 11.3 Å².